The fourth-order valence-electron chi connectivity index (χ4n) is 3.05. The van der Waals surface area contributed by atoms with Gasteiger partial charge in [-0.3, -0.25) is 9.59 Å². The molecule has 2 aliphatic heterocycles. The van der Waals surface area contributed by atoms with E-state index in [1.807, 2.05) is 24.3 Å². The lowest BCUT2D eigenvalue weighted by molar-refractivity contribution is -0.141. The van der Waals surface area contributed by atoms with Gasteiger partial charge in [0.05, 0.1) is 19.1 Å². The Balaban J connectivity index is 1.56. The van der Waals surface area contributed by atoms with E-state index in [1.165, 1.54) is 6.08 Å². The van der Waals surface area contributed by atoms with Crippen molar-refractivity contribution in [3.63, 3.8) is 0 Å². The average Bonchev–Trinajstić information content (AvgIpc) is 3.11. The Morgan fingerprint density at radius 3 is 2.46 bits per heavy atom. The number of carbonyl (C=O) groups is 2. The molecule has 1 aromatic rings. The lowest BCUT2D eigenvalue weighted by atomic mass is 10.1. The van der Waals surface area contributed by atoms with Crippen LogP contribution < -0.4 is 4.90 Å². The molecule has 0 aliphatic carbocycles. The van der Waals surface area contributed by atoms with Gasteiger partial charge in [0.2, 0.25) is 5.91 Å². The van der Waals surface area contributed by atoms with Gasteiger partial charge in [0.25, 0.3) is 0 Å². The number of ether oxygens (including phenoxy) is 1. The Kier molecular flexibility index (Phi) is 5.15. The van der Waals surface area contributed by atoms with Crippen LogP contribution in [0.15, 0.2) is 30.3 Å². The number of nitrogens with zero attached hydrogens (tertiary/aromatic N) is 2. The van der Waals surface area contributed by atoms with E-state index in [4.69, 9.17) is 9.84 Å². The monoisotopic (exact) mass is 330 g/mol. The maximum Gasteiger partial charge on any atom is 0.308 e. The summed E-state index contributed by atoms with van der Waals surface area (Å²) < 4.78 is 5.35. The maximum absolute atomic E-state index is 12.1. The van der Waals surface area contributed by atoms with Crippen LogP contribution in [-0.2, 0) is 14.3 Å². The van der Waals surface area contributed by atoms with E-state index >= 15 is 0 Å². The van der Waals surface area contributed by atoms with Crippen LogP contribution in [0.4, 0.5) is 5.69 Å². The standard InChI is InChI=1S/C18H22N2O4/c21-17(20-8-7-15(13-20)18(22)23)6-3-14-1-4-16(5-2-14)19-9-11-24-12-10-19/h1-6,15H,7-13H2,(H,22,23). The normalized spacial score (nSPS) is 21.4. The van der Waals surface area contributed by atoms with Crippen LogP contribution in [0, 0.1) is 5.92 Å². The number of morpholine rings is 1. The molecule has 0 bridgehead atoms. The summed E-state index contributed by atoms with van der Waals surface area (Å²) >= 11 is 0. The quantitative estimate of drug-likeness (QED) is 0.847. The van der Waals surface area contributed by atoms with Crippen LogP contribution in [0.1, 0.15) is 12.0 Å². The molecule has 1 N–H and O–H groups in total. The Bertz CT molecular complexity index is 620. The number of hydrogen-bond acceptors (Lipinski definition) is 4. The third-order valence-electron chi connectivity index (χ3n) is 4.54. The van der Waals surface area contributed by atoms with Gasteiger partial charge in [-0.2, -0.15) is 0 Å². The minimum Gasteiger partial charge on any atom is -0.481 e. The molecule has 6 heteroatoms. The number of benzene rings is 1. The van der Waals surface area contributed by atoms with Crippen molar-refractivity contribution in [2.75, 3.05) is 44.3 Å². The molecular formula is C18H22N2O4. The van der Waals surface area contributed by atoms with Gasteiger partial charge in [0.1, 0.15) is 0 Å². The van der Waals surface area contributed by atoms with E-state index in [2.05, 4.69) is 4.90 Å². The number of aliphatic carboxylic acids is 1. The number of carboxylic acids is 1. The SMILES string of the molecule is O=C(O)C1CCN(C(=O)C=Cc2ccc(N3CCOCC3)cc2)C1. The summed E-state index contributed by atoms with van der Waals surface area (Å²) in [5.41, 5.74) is 2.11. The molecule has 0 spiro atoms. The number of carbonyl (C=O) groups excluding carboxylic acids is 1. The first-order chi connectivity index (χ1) is 11.6. The van der Waals surface area contributed by atoms with Crippen molar-refractivity contribution in [2.45, 2.75) is 6.42 Å². The van der Waals surface area contributed by atoms with Crippen molar-refractivity contribution in [1.82, 2.24) is 4.90 Å². The highest BCUT2D eigenvalue weighted by atomic mass is 16.5. The van der Waals surface area contributed by atoms with Gasteiger partial charge in [-0.25, -0.2) is 0 Å². The highest BCUT2D eigenvalue weighted by Crippen LogP contribution is 2.19. The number of likely N-dealkylation sites (tertiary alicyclic amines) is 1. The number of amides is 1. The molecule has 0 saturated carbocycles. The van der Waals surface area contributed by atoms with Crippen LogP contribution >= 0.6 is 0 Å². The van der Waals surface area contributed by atoms with E-state index < -0.39 is 11.9 Å². The summed E-state index contributed by atoms with van der Waals surface area (Å²) in [6, 6.07) is 8.06. The van der Waals surface area contributed by atoms with Crippen molar-refractivity contribution in [3.05, 3.63) is 35.9 Å². The number of hydrogen-bond donors (Lipinski definition) is 1. The molecule has 2 heterocycles. The van der Waals surface area contributed by atoms with Gasteiger partial charge in [0, 0.05) is 37.9 Å². The third-order valence-corrected chi connectivity index (χ3v) is 4.54. The molecule has 1 unspecified atom stereocenters. The summed E-state index contributed by atoms with van der Waals surface area (Å²) in [5.74, 6) is -1.39. The Labute approximate surface area is 141 Å². The first-order valence-electron chi connectivity index (χ1n) is 8.26. The zero-order chi connectivity index (χ0) is 16.9. The third kappa shape index (κ3) is 3.94. The van der Waals surface area contributed by atoms with E-state index in [0.29, 0.717) is 19.5 Å². The summed E-state index contributed by atoms with van der Waals surface area (Å²) in [5, 5.41) is 8.99. The van der Waals surface area contributed by atoms with E-state index in [9.17, 15) is 9.59 Å². The second-order valence-corrected chi connectivity index (χ2v) is 6.13. The lowest BCUT2D eigenvalue weighted by Gasteiger charge is -2.28. The highest BCUT2D eigenvalue weighted by Gasteiger charge is 2.29. The van der Waals surface area contributed by atoms with Gasteiger partial charge in [-0.05, 0) is 30.2 Å². The molecular weight excluding hydrogens is 308 g/mol. The topological polar surface area (TPSA) is 70.1 Å². The predicted octanol–water partition coefficient (Wildman–Crippen LogP) is 1.47. The molecule has 6 nitrogen and oxygen atoms in total. The van der Waals surface area contributed by atoms with E-state index in [1.54, 1.807) is 11.0 Å². The van der Waals surface area contributed by atoms with Gasteiger partial charge in [-0.15, -0.1) is 0 Å². The molecule has 0 radical (unpaired) electrons. The molecule has 0 aromatic heterocycles. The predicted molar refractivity (Wildman–Crippen MR) is 90.8 cm³/mol. The fourth-order valence-corrected chi connectivity index (χ4v) is 3.05. The van der Waals surface area contributed by atoms with Crippen molar-refractivity contribution < 1.29 is 19.4 Å². The Morgan fingerprint density at radius 2 is 1.83 bits per heavy atom. The van der Waals surface area contributed by atoms with Crippen molar-refractivity contribution in [1.29, 1.82) is 0 Å². The number of rotatable bonds is 4. The minimum atomic E-state index is -0.826. The van der Waals surface area contributed by atoms with Crippen LogP contribution in [0.5, 0.6) is 0 Å². The molecule has 24 heavy (non-hydrogen) atoms. The van der Waals surface area contributed by atoms with Crippen LogP contribution in [-0.4, -0.2) is 61.3 Å². The van der Waals surface area contributed by atoms with Gasteiger partial charge in [-0.1, -0.05) is 12.1 Å². The lowest BCUT2D eigenvalue weighted by Crippen LogP contribution is -2.36. The summed E-state index contributed by atoms with van der Waals surface area (Å²) in [6.07, 6.45) is 3.83. The molecule has 1 amide bonds. The first kappa shape index (κ1) is 16.5. The second-order valence-electron chi connectivity index (χ2n) is 6.13. The second kappa shape index (κ2) is 7.49. The first-order valence-corrected chi connectivity index (χ1v) is 8.26. The molecule has 2 saturated heterocycles. The fraction of sp³-hybridized carbons (Fsp3) is 0.444. The molecule has 3 rings (SSSR count). The molecule has 128 valence electrons. The van der Waals surface area contributed by atoms with E-state index in [0.717, 1.165) is 37.6 Å². The maximum atomic E-state index is 12.1. The molecule has 1 aromatic carbocycles. The van der Waals surface area contributed by atoms with Gasteiger partial charge in [0.15, 0.2) is 0 Å². The summed E-state index contributed by atoms with van der Waals surface area (Å²) in [6.45, 7) is 4.11. The van der Waals surface area contributed by atoms with Crippen LogP contribution in [0.25, 0.3) is 6.08 Å². The Morgan fingerprint density at radius 1 is 1.12 bits per heavy atom. The van der Waals surface area contributed by atoms with Crippen molar-refractivity contribution in [3.8, 4) is 0 Å². The van der Waals surface area contributed by atoms with E-state index in [-0.39, 0.29) is 5.91 Å². The number of carboxylic acid groups (broad SMARTS) is 1. The molecule has 2 aliphatic rings. The minimum absolute atomic E-state index is 0.129. The smallest absolute Gasteiger partial charge is 0.308 e. The van der Waals surface area contributed by atoms with Gasteiger partial charge < -0.3 is 19.6 Å². The summed E-state index contributed by atoms with van der Waals surface area (Å²) in [7, 11) is 0. The van der Waals surface area contributed by atoms with Crippen molar-refractivity contribution in [2.24, 2.45) is 5.92 Å². The van der Waals surface area contributed by atoms with Crippen molar-refractivity contribution >= 4 is 23.6 Å². The zero-order valence-electron chi connectivity index (χ0n) is 13.6. The zero-order valence-corrected chi connectivity index (χ0v) is 13.6. The largest absolute Gasteiger partial charge is 0.481 e. The summed E-state index contributed by atoms with van der Waals surface area (Å²) in [4.78, 5) is 26.9. The molecule has 2 fully saturated rings. The Hall–Kier alpha value is -2.34. The van der Waals surface area contributed by atoms with Gasteiger partial charge >= 0.3 is 5.97 Å². The van der Waals surface area contributed by atoms with Crippen LogP contribution in [0.3, 0.4) is 0 Å². The van der Waals surface area contributed by atoms with Crippen LogP contribution in [0.2, 0.25) is 0 Å². The average molecular weight is 330 g/mol. The number of anilines is 1. The highest BCUT2D eigenvalue weighted by molar-refractivity contribution is 5.92. The molecule has 1 atom stereocenters.